The van der Waals surface area contributed by atoms with Crippen LogP contribution < -0.4 is 9.47 Å². The Balaban J connectivity index is 2.65. The van der Waals surface area contributed by atoms with Gasteiger partial charge >= 0.3 is 5.97 Å². The summed E-state index contributed by atoms with van der Waals surface area (Å²) in [4.78, 5) is 12.5. The molecule has 0 aliphatic carbocycles. The van der Waals surface area contributed by atoms with E-state index in [1.165, 1.54) is 22.3 Å². The number of rotatable bonds is 13. The third kappa shape index (κ3) is 11.6. The highest BCUT2D eigenvalue weighted by Gasteiger charge is 2.12. The van der Waals surface area contributed by atoms with Crippen LogP contribution in [0.25, 0.3) is 0 Å². The molecule has 0 unspecified atom stereocenters. The Kier molecular flexibility index (Phi) is 12.9. The van der Waals surface area contributed by atoms with E-state index in [4.69, 9.17) is 14.2 Å². The van der Waals surface area contributed by atoms with Crippen molar-refractivity contribution in [1.82, 2.24) is 0 Å². The summed E-state index contributed by atoms with van der Waals surface area (Å²) in [6.45, 7) is 13.2. The summed E-state index contributed by atoms with van der Waals surface area (Å²) in [6, 6.07) is 5.11. The van der Waals surface area contributed by atoms with Crippen molar-refractivity contribution in [3.8, 4) is 11.5 Å². The zero-order valence-corrected chi connectivity index (χ0v) is 20.9. The first-order valence-corrected chi connectivity index (χ1v) is 11.3. The molecule has 0 bridgehead atoms. The van der Waals surface area contributed by atoms with Gasteiger partial charge in [0.05, 0.1) is 12.7 Å². The Labute approximate surface area is 194 Å². The summed E-state index contributed by atoms with van der Waals surface area (Å²) in [6.07, 6.45) is 12.5. The van der Waals surface area contributed by atoms with Crippen molar-refractivity contribution in [2.45, 2.75) is 67.2 Å². The first-order valence-electron chi connectivity index (χ1n) is 11.3. The summed E-state index contributed by atoms with van der Waals surface area (Å²) in [5.41, 5.74) is 5.57. The van der Waals surface area contributed by atoms with Crippen molar-refractivity contribution in [1.29, 1.82) is 0 Å². The van der Waals surface area contributed by atoms with Crippen LogP contribution in [0, 0.1) is 0 Å². The second-order valence-corrected chi connectivity index (χ2v) is 8.52. The van der Waals surface area contributed by atoms with E-state index in [-0.39, 0.29) is 12.6 Å². The molecule has 0 saturated heterocycles. The average molecular weight is 441 g/mol. The molecule has 0 fully saturated rings. The lowest BCUT2D eigenvalue weighted by atomic mass is 10.1. The van der Waals surface area contributed by atoms with Crippen LogP contribution >= 0.6 is 0 Å². The number of esters is 1. The normalized spacial score (nSPS) is 11.6. The fourth-order valence-corrected chi connectivity index (χ4v) is 2.91. The molecule has 0 aromatic heterocycles. The SMILES string of the molecule is COc1ccc(C(=O)OC/C=C(\C)CCC=C(C)C)cc1OC/C=C(\C)CCC=C(C)C. The van der Waals surface area contributed by atoms with Gasteiger partial charge in [0.2, 0.25) is 0 Å². The lowest BCUT2D eigenvalue weighted by molar-refractivity contribution is 0.0548. The molecule has 0 saturated carbocycles. The quantitative estimate of drug-likeness (QED) is 0.234. The van der Waals surface area contributed by atoms with Crippen LogP contribution in [0.15, 0.2) is 64.8 Å². The van der Waals surface area contributed by atoms with E-state index < -0.39 is 0 Å². The lowest BCUT2D eigenvalue weighted by Gasteiger charge is -2.11. The fraction of sp³-hybridized carbons (Fsp3) is 0.464. The second kappa shape index (κ2) is 15.1. The monoisotopic (exact) mass is 440 g/mol. The van der Waals surface area contributed by atoms with Crippen LogP contribution in [-0.4, -0.2) is 26.3 Å². The molecule has 0 N–H and O–H groups in total. The van der Waals surface area contributed by atoms with Crippen molar-refractivity contribution in [2.24, 2.45) is 0 Å². The highest BCUT2D eigenvalue weighted by Crippen LogP contribution is 2.28. The maximum Gasteiger partial charge on any atom is 0.338 e. The minimum Gasteiger partial charge on any atom is -0.493 e. The van der Waals surface area contributed by atoms with E-state index in [2.05, 4.69) is 59.8 Å². The van der Waals surface area contributed by atoms with Crippen LogP contribution in [0.1, 0.15) is 77.6 Å². The van der Waals surface area contributed by atoms with Gasteiger partial charge in [0.25, 0.3) is 0 Å². The Bertz CT molecular complexity index is 848. The van der Waals surface area contributed by atoms with Gasteiger partial charge < -0.3 is 14.2 Å². The summed E-state index contributed by atoms with van der Waals surface area (Å²) in [5, 5.41) is 0. The molecule has 0 atom stereocenters. The van der Waals surface area contributed by atoms with Gasteiger partial charge in [-0.05, 0) is 97.6 Å². The number of allylic oxidation sites excluding steroid dienone is 6. The van der Waals surface area contributed by atoms with Crippen molar-refractivity contribution < 1.29 is 19.0 Å². The Morgan fingerprint density at radius 3 is 1.88 bits per heavy atom. The molecule has 1 aromatic carbocycles. The van der Waals surface area contributed by atoms with Gasteiger partial charge in [0, 0.05) is 0 Å². The molecule has 0 spiro atoms. The van der Waals surface area contributed by atoms with Crippen molar-refractivity contribution in [3.05, 3.63) is 70.4 Å². The zero-order valence-electron chi connectivity index (χ0n) is 20.9. The molecule has 1 rings (SSSR count). The maximum atomic E-state index is 12.5. The van der Waals surface area contributed by atoms with Gasteiger partial charge in [-0.1, -0.05) is 34.4 Å². The zero-order chi connectivity index (χ0) is 23.9. The molecular formula is C28H40O4. The number of ether oxygens (including phenoxy) is 3. The molecule has 1 aromatic rings. The molecule has 32 heavy (non-hydrogen) atoms. The van der Waals surface area contributed by atoms with Gasteiger partial charge in [-0.15, -0.1) is 0 Å². The Morgan fingerprint density at radius 2 is 1.34 bits per heavy atom. The highest BCUT2D eigenvalue weighted by atomic mass is 16.5. The molecule has 176 valence electrons. The van der Waals surface area contributed by atoms with E-state index in [1.807, 2.05) is 6.08 Å². The van der Waals surface area contributed by atoms with Crippen molar-refractivity contribution in [2.75, 3.05) is 20.3 Å². The number of benzene rings is 1. The van der Waals surface area contributed by atoms with Crippen LogP contribution in [-0.2, 0) is 4.74 Å². The average Bonchev–Trinajstić information content (AvgIpc) is 2.73. The summed E-state index contributed by atoms with van der Waals surface area (Å²) >= 11 is 0. The molecule has 0 radical (unpaired) electrons. The standard InChI is InChI=1S/C28H40O4/c1-21(2)10-8-12-23(5)16-18-31-27-20-25(14-15-26(27)30-7)28(29)32-19-17-24(6)13-9-11-22(3)4/h10-11,14-17,20H,8-9,12-13,18-19H2,1-7H3/b23-16+,24-17+. The van der Waals surface area contributed by atoms with Crippen LogP contribution in [0.5, 0.6) is 11.5 Å². The van der Waals surface area contributed by atoms with Gasteiger partial charge in [-0.25, -0.2) is 4.79 Å². The second-order valence-electron chi connectivity index (χ2n) is 8.52. The number of hydrogen-bond acceptors (Lipinski definition) is 4. The van der Waals surface area contributed by atoms with Crippen LogP contribution in [0.3, 0.4) is 0 Å². The molecule has 0 aliphatic rings. The molecule has 4 nitrogen and oxygen atoms in total. The van der Waals surface area contributed by atoms with Crippen molar-refractivity contribution >= 4 is 5.97 Å². The van der Waals surface area contributed by atoms with Crippen LogP contribution in [0.2, 0.25) is 0 Å². The first-order chi connectivity index (χ1) is 15.2. The summed E-state index contributed by atoms with van der Waals surface area (Å²) < 4.78 is 16.7. The Morgan fingerprint density at radius 1 is 0.781 bits per heavy atom. The smallest absolute Gasteiger partial charge is 0.338 e. The minimum absolute atomic E-state index is 0.259. The van der Waals surface area contributed by atoms with Gasteiger partial charge in [-0.2, -0.15) is 0 Å². The molecule has 4 heteroatoms. The van der Waals surface area contributed by atoms with E-state index in [9.17, 15) is 4.79 Å². The fourth-order valence-electron chi connectivity index (χ4n) is 2.91. The van der Waals surface area contributed by atoms with E-state index >= 15 is 0 Å². The largest absolute Gasteiger partial charge is 0.493 e. The first kappa shape index (κ1) is 27.3. The topological polar surface area (TPSA) is 44.8 Å². The lowest BCUT2D eigenvalue weighted by Crippen LogP contribution is -2.07. The van der Waals surface area contributed by atoms with E-state index in [0.717, 1.165) is 25.7 Å². The Hall–Kier alpha value is -2.75. The van der Waals surface area contributed by atoms with Gasteiger partial charge in [0.15, 0.2) is 11.5 Å². The maximum absolute atomic E-state index is 12.5. The van der Waals surface area contributed by atoms with E-state index in [0.29, 0.717) is 23.7 Å². The molecule has 0 amide bonds. The molecule has 0 heterocycles. The third-order valence-corrected chi connectivity index (χ3v) is 4.90. The summed E-state index contributed by atoms with van der Waals surface area (Å²) in [5.74, 6) is 0.746. The molecular weight excluding hydrogens is 400 g/mol. The summed E-state index contributed by atoms with van der Waals surface area (Å²) in [7, 11) is 1.59. The molecule has 0 aliphatic heterocycles. The third-order valence-electron chi connectivity index (χ3n) is 4.90. The van der Waals surface area contributed by atoms with E-state index in [1.54, 1.807) is 25.3 Å². The predicted molar refractivity (Wildman–Crippen MR) is 134 cm³/mol. The minimum atomic E-state index is -0.376. The predicted octanol–water partition coefficient (Wildman–Crippen LogP) is 7.62. The number of methoxy groups -OCH3 is 1. The number of carbonyl (C=O) groups excluding carboxylic acids is 1. The van der Waals surface area contributed by atoms with Gasteiger partial charge in [0.1, 0.15) is 13.2 Å². The van der Waals surface area contributed by atoms with Crippen LogP contribution in [0.4, 0.5) is 0 Å². The highest BCUT2D eigenvalue weighted by molar-refractivity contribution is 5.90. The number of hydrogen-bond donors (Lipinski definition) is 0. The number of carbonyl (C=O) groups is 1. The van der Waals surface area contributed by atoms with Gasteiger partial charge in [-0.3, -0.25) is 0 Å². The van der Waals surface area contributed by atoms with Crippen molar-refractivity contribution in [3.63, 3.8) is 0 Å².